The molecule has 0 unspecified atom stereocenters. The van der Waals surface area contributed by atoms with Gasteiger partial charge in [0, 0.05) is 11.8 Å². The summed E-state index contributed by atoms with van der Waals surface area (Å²) in [5.41, 5.74) is 1.72. The third-order valence-electron chi connectivity index (χ3n) is 3.60. The van der Waals surface area contributed by atoms with Crippen molar-refractivity contribution < 1.29 is 13.6 Å². The van der Waals surface area contributed by atoms with Gasteiger partial charge in [0.25, 0.3) is 0 Å². The summed E-state index contributed by atoms with van der Waals surface area (Å²) in [7, 11) is 0. The van der Waals surface area contributed by atoms with Crippen LogP contribution in [0.5, 0.6) is 0 Å². The molecule has 23 heavy (non-hydrogen) atoms. The molecule has 0 spiro atoms. The minimum absolute atomic E-state index is 0.0773. The molecule has 0 atom stereocenters. The summed E-state index contributed by atoms with van der Waals surface area (Å²) in [4.78, 5) is 12.3. The number of hydrogen-bond acceptors (Lipinski definition) is 2. The van der Waals surface area contributed by atoms with Crippen LogP contribution in [-0.2, 0) is 6.42 Å². The van der Waals surface area contributed by atoms with E-state index in [2.05, 4.69) is 5.10 Å². The van der Waals surface area contributed by atoms with Crippen LogP contribution in [0.3, 0.4) is 0 Å². The van der Waals surface area contributed by atoms with Crippen molar-refractivity contribution in [3.8, 4) is 5.69 Å². The van der Waals surface area contributed by atoms with Crippen molar-refractivity contribution in [2.45, 2.75) is 13.3 Å². The zero-order valence-corrected chi connectivity index (χ0v) is 12.5. The van der Waals surface area contributed by atoms with Gasteiger partial charge in [0.1, 0.15) is 5.69 Å². The second-order valence-electron chi connectivity index (χ2n) is 5.24. The average Bonchev–Trinajstić information content (AvgIpc) is 2.95. The van der Waals surface area contributed by atoms with Crippen LogP contribution in [0, 0.1) is 18.6 Å². The number of aromatic nitrogens is 2. The van der Waals surface area contributed by atoms with E-state index < -0.39 is 11.6 Å². The van der Waals surface area contributed by atoms with Crippen LogP contribution >= 0.6 is 0 Å². The van der Waals surface area contributed by atoms with Crippen molar-refractivity contribution in [3.05, 3.63) is 83.2 Å². The first-order valence-corrected chi connectivity index (χ1v) is 7.14. The summed E-state index contributed by atoms with van der Waals surface area (Å²) in [6.07, 6.45) is 1.52. The number of rotatable bonds is 4. The van der Waals surface area contributed by atoms with E-state index in [1.165, 1.54) is 12.3 Å². The van der Waals surface area contributed by atoms with Crippen LogP contribution in [0.25, 0.3) is 5.69 Å². The first kappa shape index (κ1) is 15.1. The highest BCUT2D eigenvalue weighted by molar-refractivity contribution is 5.98. The number of aryl methyl sites for hydroxylation is 1. The second kappa shape index (κ2) is 6.12. The van der Waals surface area contributed by atoms with Crippen LogP contribution in [0.2, 0.25) is 0 Å². The van der Waals surface area contributed by atoms with Crippen molar-refractivity contribution in [1.82, 2.24) is 9.78 Å². The number of carbonyl (C=O) groups excluding carboxylic acids is 1. The van der Waals surface area contributed by atoms with E-state index in [-0.39, 0.29) is 17.9 Å². The maximum absolute atomic E-state index is 13.8. The lowest BCUT2D eigenvalue weighted by molar-refractivity contribution is 0.0991. The number of nitrogens with zero attached hydrogens (tertiary/aromatic N) is 2. The normalized spacial score (nSPS) is 10.7. The average molecular weight is 312 g/mol. The SMILES string of the molecule is Cc1ccccc1C(=O)Cc1ccn(-c2c(F)cccc2F)n1. The van der Waals surface area contributed by atoms with E-state index in [1.54, 1.807) is 18.2 Å². The van der Waals surface area contributed by atoms with Crippen LogP contribution in [0.4, 0.5) is 8.78 Å². The molecule has 0 fully saturated rings. The van der Waals surface area contributed by atoms with Crippen LogP contribution in [0.1, 0.15) is 21.6 Å². The van der Waals surface area contributed by atoms with Crippen molar-refractivity contribution in [2.24, 2.45) is 0 Å². The van der Waals surface area contributed by atoms with Crippen molar-refractivity contribution in [2.75, 3.05) is 0 Å². The van der Waals surface area contributed by atoms with Gasteiger partial charge in [-0.3, -0.25) is 4.79 Å². The molecule has 0 aliphatic heterocycles. The molecule has 0 saturated heterocycles. The van der Waals surface area contributed by atoms with Crippen molar-refractivity contribution >= 4 is 5.78 Å². The molecule has 116 valence electrons. The second-order valence-corrected chi connectivity index (χ2v) is 5.24. The molecule has 3 nitrogen and oxygen atoms in total. The predicted octanol–water partition coefficient (Wildman–Crippen LogP) is 3.88. The third kappa shape index (κ3) is 3.04. The fourth-order valence-corrected chi connectivity index (χ4v) is 2.43. The van der Waals surface area contributed by atoms with Crippen molar-refractivity contribution in [1.29, 1.82) is 0 Å². The van der Waals surface area contributed by atoms with Gasteiger partial charge in [0.2, 0.25) is 0 Å². The molecule has 0 saturated carbocycles. The molecule has 0 amide bonds. The Bertz CT molecular complexity index is 851. The van der Waals surface area contributed by atoms with Gasteiger partial charge >= 0.3 is 0 Å². The Morgan fingerprint density at radius 3 is 2.43 bits per heavy atom. The standard InChI is InChI=1S/C18H14F2N2O/c1-12-5-2-3-6-14(12)17(23)11-13-9-10-22(21-13)18-15(19)7-4-8-16(18)20/h2-10H,11H2,1H3. The van der Waals surface area contributed by atoms with E-state index in [4.69, 9.17) is 0 Å². The maximum atomic E-state index is 13.8. The Morgan fingerprint density at radius 2 is 1.74 bits per heavy atom. The number of para-hydroxylation sites is 1. The minimum atomic E-state index is -0.704. The molecule has 3 rings (SSSR count). The highest BCUT2D eigenvalue weighted by Crippen LogP contribution is 2.17. The highest BCUT2D eigenvalue weighted by Gasteiger charge is 2.15. The monoisotopic (exact) mass is 312 g/mol. The Hall–Kier alpha value is -2.82. The van der Waals surface area contributed by atoms with Gasteiger partial charge in [-0.2, -0.15) is 5.10 Å². The van der Waals surface area contributed by atoms with Crippen LogP contribution < -0.4 is 0 Å². The summed E-state index contributed by atoms with van der Waals surface area (Å²) >= 11 is 0. The van der Waals surface area contributed by atoms with Gasteiger partial charge in [-0.15, -0.1) is 0 Å². The molecule has 5 heteroatoms. The highest BCUT2D eigenvalue weighted by atomic mass is 19.1. The summed E-state index contributed by atoms with van der Waals surface area (Å²) in [5.74, 6) is -1.49. The smallest absolute Gasteiger partial charge is 0.169 e. The summed E-state index contributed by atoms with van der Waals surface area (Å²) < 4.78 is 28.6. The number of ketones is 1. The van der Waals surface area contributed by atoms with Gasteiger partial charge in [0.05, 0.1) is 12.1 Å². The molecular weight excluding hydrogens is 298 g/mol. The number of halogens is 2. The van der Waals surface area contributed by atoms with Crippen LogP contribution in [0.15, 0.2) is 54.7 Å². The van der Waals surface area contributed by atoms with E-state index in [1.807, 2.05) is 19.1 Å². The van der Waals surface area contributed by atoms with Gasteiger partial charge in [0.15, 0.2) is 17.4 Å². The Balaban J connectivity index is 1.86. The molecule has 1 aromatic heterocycles. The third-order valence-corrected chi connectivity index (χ3v) is 3.60. The fourth-order valence-electron chi connectivity index (χ4n) is 2.43. The number of benzene rings is 2. The Morgan fingerprint density at radius 1 is 1.04 bits per heavy atom. The Kier molecular flexibility index (Phi) is 4.02. The fraction of sp³-hybridized carbons (Fsp3) is 0.111. The predicted molar refractivity (Wildman–Crippen MR) is 82.7 cm³/mol. The molecule has 0 N–H and O–H groups in total. The minimum Gasteiger partial charge on any atom is -0.294 e. The largest absolute Gasteiger partial charge is 0.294 e. The lowest BCUT2D eigenvalue weighted by Gasteiger charge is -2.05. The lowest BCUT2D eigenvalue weighted by atomic mass is 10.0. The van der Waals surface area contributed by atoms with E-state index in [9.17, 15) is 13.6 Å². The lowest BCUT2D eigenvalue weighted by Crippen LogP contribution is -2.07. The van der Waals surface area contributed by atoms with Gasteiger partial charge < -0.3 is 0 Å². The summed E-state index contributed by atoms with van der Waals surface area (Å²) in [6.45, 7) is 1.86. The van der Waals surface area contributed by atoms with Crippen LogP contribution in [-0.4, -0.2) is 15.6 Å². The molecule has 0 bridgehead atoms. The van der Waals surface area contributed by atoms with E-state index in [0.717, 1.165) is 22.4 Å². The zero-order chi connectivity index (χ0) is 16.4. The Labute approximate surface area is 132 Å². The van der Waals surface area contributed by atoms with Gasteiger partial charge in [-0.1, -0.05) is 30.3 Å². The molecule has 0 aliphatic rings. The summed E-state index contributed by atoms with van der Waals surface area (Å²) in [6, 6.07) is 12.5. The maximum Gasteiger partial charge on any atom is 0.169 e. The van der Waals surface area contributed by atoms with E-state index >= 15 is 0 Å². The molecular formula is C18H14F2N2O. The topological polar surface area (TPSA) is 34.9 Å². The molecule has 1 heterocycles. The van der Waals surface area contributed by atoms with Crippen molar-refractivity contribution in [3.63, 3.8) is 0 Å². The number of carbonyl (C=O) groups is 1. The van der Waals surface area contributed by atoms with Gasteiger partial charge in [-0.25, -0.2) is 13.5 Å². The number of hydrogen-bond donors (Lipinski definition) is 0. The quantitative estimate of drug-likeness (QED) is 0.685. The molecule has 2 aromatic carbocycles. The summed E-state index contributed by atoms with van der Waals surface area (Å²) in [5, 5.41) is 4.11. The number of Topliss-reactive ketones (excluding diaryl/α,β-unsaturated/α-hetero) is 1. The molecule has 0 aliphatic carbocycles. The first-order valence-electron chi connectivity index (χ1n) is 7.14. The first-order chi connectivity index (χ1) is 11.1. The molecule has 0 radical (unpaired) electrons. The van der Waals surface area contributed by atoms with E-state index in [0.29, 0.717) is 11.3 Å². The zero-order valence-electron chi connectivity index (χ0n) is 12.5. The van der Waals surface area contributed by atoms with Gasteiger partial charge in [-0.05, 0) is 30.7 Å². The molecule has 3 aromatic rings.